The van der Waals surface area contributed by atoms with Gasteiger partial charge in [-0.3, -0.25) is 0 Å². The van der Waals surface area contributed by atoms with E-state index >= 15 is 0 Å². The Labute approximate surface area is 117 Å². The molecule has 2 unspecified atom stereocenters. The van der Waals surface area contributed by atoms with Crippen LogP contribution in [0.3, 0.4) is 0 Å². The van der Waals surface area contributed by atoms with Crippen LogP contribution < -0.4 is 4.90 Å². The van der Waals surface area contributed by atoms with Crippen molar-refractivity contribution in [3.8, 4) is 6.07 Å². The Balaban J connectivity index is 1.92. The SMILES string of the molecule is Cc1c(I)cnc(N2CC3C(C2)C3(F)F)c1C#N. The number of nitrogens with zero attached hydrogens (tertiary/aromatic N) is 3. The van der Waals surface area contributed by atoms with E-state index in [9.17, 15) is 14.0 Å². The average molecular weight is 361 g/mol. The lowest BCUT2D eigenvalue weighted by atomic mass is 10.1. The number of alkyl halides is 2. The molecule has 0 amide bonds. The fourth-order valence-electron chi connectivity index (χ4n) is 2.62. The number of hydrogen-bond acceptors (Lipinski definition) is 3. The molecular weight excluding hydrogens is 351 g/mol. The molecule has 0 bridgehead atoms. The monoisotopic (exact) mass is 361 g/mol. The highest BCUT2D eigenvalue weighted by Crippen LogP contribution is 2.59. The van der Waals surface area contributed by atoms with Crippen LogP contribution in [0.5, 0.6) is 0 Å². The first-order valence-corrected chi connectivity index (χ1v) is 6.72. The molecule has 0 aromatic carbocycles. The van der Waals surface area contributed by atoms with Crippen molar-refractivity contribution in [1.29, 1.82) is 5.26 Å². The molecule has 18 heavy (non-hydrogen) atoms. The number of pyridine rings is 1. The number of hydrogen-bond donors (Lipinski definition) is 0. The summed E-state index contributed by atoms with van der Waals surface area (Å²) in [6.45, 7) is 2.47. The Hall–Kier alpha value is -0.970. The minimum atomic E-state index is -2.50. The lowest BCUT2D eigenvalue weighted by Crippen LogP contribution is -2.29. The normalized spacial score (nSPS) is 27.8. The molecule has 2 fully saturated rings. The zero-order chi connectivity index (χ0) is 13.1. The Bertz CT molecular complexity index is 553. The van der Waals surface area contributed by atoms with Crippen LogP contribution in [0, 0.1) is 33.7 Å². The summed E-state index contributed by atoms with van der Waals surface area (Å²) >= 11 is 2.12. The summed E-state index contributed by atoms with van der Waals surface area (Å²) < 4.78 is 27.2. The number of piperidine rings is 1. The second-order valence-corrected chi connectivity index (χ2v) is 6.00. The van der Waals surface area contributed by atoms with Gasteiger partial charge in [0.05, 0.1) is 17.4 Å². The van der Waals surface area contributed by atoms with Crippen molar-refractivity contribution in [2.24, 2.45) is 11.8 Å². The zero-order valence-electron chi connectivity index (χ0n) is 9.62. The van der Waals surface area contributed by atoms with Crippen LogP contribution in [0.1, 0.15) is 11.1 Å². The van der Waals surface area contributed by atoms with Gasteiger partial charge in [-0.25, -0.2) is 13.8 Å². The van der Waals surface area contributed by atoms with Crippen molar-refractivity contribution >= 4 is 28.4 Å². The molecule has 3 rings (SSSR count). The lowest BCUT2D eigenvalue weighted by Gasteiger charge is -2.22. The van der Waals surface area contributed by atoms with E-state index < -0.39 is 17.8 Å². The first kappa shape index (κ1) is 12.1. The maximum atomic E-state index is 13.1. The smallest absolute Gasteiger partial charge is 0.258 e. The number of halogens is 3. The summed E-state index contributed by atoms with van der Waals surface area (Å²) in [5.74, 6) is -3.05. The maximum Gasteiger partial charge on any atom is 0.258 e. The molecule has 2 atom stereocenters. The van der Waals surface area contributed by atoms with E-state index in [2.05, 4.69) is 33.6 Å². The molecule has 1 saturated carbocycles. The molecule has 1 aromatic rings. The topological polar surface area (TPSA) is 39.9 Å². The third-order valence-corrected chi connectivity index (χ3v) is 4.96. The Morgan fingerprint density at radius 1 is 1.50 bits per heavy atom. The van der Waals surface area contributed by atoms with E-state index in [1.165, 1.54) is 0 Å². The van der Waals surface area contributed by atoms with E-state index in [0.29, 0.717) is 24.5 Å². The van der Waals surface area contributed by atoms with Crippen LogP contribution in [0.2, 0.25) is 0 Å². The zero-order valence-corrected chi connectivity index (χ0v) is 11.8. The van der Waals surface area contributed by atoms with Crippen molar-refractivity contribution in [1.82, 2.24) is 4.98 Å². The molecule has 1 saturated heterocycles. The largest absolute Gasteiger partial charge is 0.354 e. The van der Waals surface area contributed by atoms with E-state index in [0.717, 1.165) is 9.13 Å². The Morgan fingerprint density at radius 2 is 2.11 bits per heavy atom. The van der Waals surface area contributed by atoms with Gasteiger partial charge in [-0.1, -0.05) is 0 Å². The van der Waals surface area contributed by atoms with Gasteiger partial charge in [-0.05, 0) is 35.1 Å². The molecule has 6 heteroatoms. The highest BCUT2D eigenvalue weighted by Gasteiger charge is 2.71. The second kappa shape index (κ2) is 3.76. The van der Waals surface area contributed by atoms with Crippen LogP contribution in [-0.4, -0.2) is 24.0 Å². The molecule has 0 spiro atoms. The highest BCUT2D eigenvalue weighted by molar-refractivity contribution is 14.1. The first-order valence-electron chi connectivity index (χ1n) is 5.64. The number of fused-ring (bicyclic) bond motifs is 1. The van der Waals surface area contributed by atoms with Gasteiger partial charge in [0, 0.05) is 22.9 Å². The Kier molecular flexibility index (Phi) is 2.52. The van der Waals surface area contributed by atoms with Crippen molar-refractivity contribution in [2.45, 2.75) is 12.8 Å². The minimum Gasteiger partial charge on any atom is -0.354 e. The molecule has 3 nitrogen and oxygen atoms in total. The van der Waals surface area contributed by atoms with E-state index in [1.54, 1.807) is 6.20 Å². The van der Waals surface area contributed by atoms with E-state index in [-0.39, 0.29) is 0 Å². The predicted molar refractivity (Wildman–Crippen MR) is 70.5 cm³/mol. The number of rotatable bonds is 1. The van der Waals surface area contributed by atoms with Crippen molar-refractivity contribution in [3.05, 3.63) is 20.9 Å². The first-order chi connectivity index (χ1) is 8.46. The maximum absolute atomic E-state index is 13.1. The molecular formula is C12H10F2IN3. The van der Waals surface area contributed by atoms with Crippen molar-refractivity contribution in [3.63, 3.8) is 0 Å². The van der Waals surface area contributed by atoms with Crippen LogP contribution in [-0.2, 0) is 0 Å². The number of aromatic nitrogens is 1. The van der Waals surface area contributed by atoms with Crippen LogP contribution >= 0.6 is 22.6 Å². The fourth-order valence-corrected chi connectivity index (χ4v) is 3.03. The van der Waals surface area contributed by atoms with Gasteiger partial charge < -0.3 is 4.90 Å². The van der Waals surface area contributed by atoms with Gasteiger partial charge in [0.15, 0.2) is 0 Å². The molecule has 94 valence electrons. The van der Waals surface area contributed by atoms with E-state index in [4.69, 9.17) is 0 Å². The number of anilines is 1. The van der Waals surface area contributed by atoms with Gasteiger partial charge in [0.2, 0.25) is 0 Å². The molecule has 1 aliphatic heterocycles. The summed E-state index contributed by atoms with van der Waals surface area (Å²) in [6, 6.07) is 2.14. The van der Waals surface area contributed by atoms with E-state index in [1.807, 2.05) is 11.8 Å². The summed E-state index contributed by atoms with van der Waals surface area (Å²) in [6.07, 6.45) is 1.69. The molecule has 2 heterocycles. The summed E-state index contributed by atoms with van der Waals surface area (Å²) in [4.78, 5) is 6.06. The van der Waals surface area contributed by atoms with Gasteiger partial charge in [-0.2, -0.15) is 5.26 Å². The average Bonchev–Trinajstić information content (AvgIpc) is 2.72. The molecule has 1 aromatic heterocycles. The lowest BCUT2D eigenvalue weighted by molar-refractivity contribution is 0.0797. The van der Waals surface area contributed by atoms with Crippen LogP contribution in [0.4, 0.5) is 14.6 Å². The molecule has 0 radical (unpaired) electrons. The third-order valence-electron chi connectivity index (χ3n) is 3.87. The van der Waals surface area contributed by atoms with Crippen molar-refractivity contribution in [2.75, 3.05) is 18.0 Å². The van der Waals surface area contributed by atoms with Gasteiger partial charge in [0.1, 0.15) is 11.9 Å². The Morgan fingerprint density at radius 3 is 2.67 bits per heavy atom. The molecule has 0 N–H and O–H groups in total. The fraction of sp³-hybridized carbons (Fsp3) is 0.500. The second-order valence-electron chi connectivity index (χ2n) is 4.83. The standard InChI is InChI=1S/C12H10F2IN3/c1-6-7(2-16)11(17-3-10(6)15)18-4-8-9(5-18)12(8,13)14/h3,8-9H,4-5H2,1H3. The quantitative estimate of drug-likeness (QED) is 0.722. The molecule has 1 aliphatic carbocycles. The van der Waals surface area contributed by atoms with Crippen LogP contribution in [0.15, 0.2) is 6.20 Å². The summed E-state index contributed by atoms with van der Waals surface area (Å²) in [5.41, 5.74) is 1.38. The van der Waals surface area contributed by atoms with Gasteiger partial charge in [0.25, 0.3) is 5.92 Å². The van der Waals surface area contributed by atoms with Gasteiger partial charge in [-0.15, -0.1) is 0 Å². The predicted octanol–water partition coefficient (Wildman–Crippen LogP) is 2.57. The van der Waals surface area contributed by atoms with Gasteiger partial charge >= 0.3 is 0 Å². The van der Waals surface area contributed by atoms with Crippen LogP contribution in [0.25, 0.3) is 0 Å². The highest BCUT2D eigenvalue weighted by atomic mass is 127. The van der Waals surface area contributed by atoms with Crippen molar-refractivity contribution < 1.29 is 8.78 Å². The summed E-state index contributed by atoms with van der Waals surface area (Å²) in [7, 11) is 0. The molecule has 2 aliphatic rings. The third kappa shape index (κ3) is 1.53. The number of nitriles is 1. The minimum absolute atomic E-state index is 0.305. The summed E-state index contributed by atoms with van der Waals surface area (Å²) in [5, 5.41) is 9.20.